The second-order valence-corrected chi connectivity index (χ2v) is 4.37. The zero-order chi connectivity index (χ0) is 14.0. The van der Waals surface area contributed by atoms with Crippen molar-refractivity contribution < 1.29 is 18.0 Å². The fourth-order valence-electron chi connectivity index (χ4n) is 1.38. The van der Waals surface area contributed by atoms with Gasteiger partial charge >= 0.3 is 6.18 Å². The van der Waals surface area contributed by atoms with Crippen molar-refractivity contribution in [1.82, 2.24) is 4.98 Å². The Labute approximate surface area is 110 Å². The Bertz CT molecular complexity index is 596. The average Bonchev–Trinajstić information content (AvgIpc) is 2.80. The molecule has 8 heteroatoms. The number of halogens is 3. The molecule has 0 aliphatic heterocycles. The maximum Gasteiger partial charge on any atom is 0.433 e. The van der Waals surface area contributed by atoms with Gasteiger partial charge in [0, 0.05) is 5.38 Å². The molecule has 100 valence electrons. The highest BCUT2D eigenvalue weighted by Gasteiger charge is 2.33. The van der Waals surface area contributed by atoms with E-state index in [0.717, 1.165) is 12.1 Å². The first-order valence-electron chi connectivity index (χ1n) is 5.05. The molecule has 2 heterocycles. The van der Waals surface area contributed by atoms with Crippen molar-refractivity contribution in [3.63, 3.8) is 0 Å². The summed E-state index contributed by atoms with van der Waals surface area (Å²) in [6.07, 6.45) is -4.58. The number of hydrogen-bond acceptors (Lipinski definition) is 4. The Morgan fingerprint density at radius 2 is 2.05 bits per heavy atom. The number of pyridine rings is 1. The largest absolute Gasteiger partial charge is 0.433 e. The predicted molar refractivity (Wildman–Crippen MR) is 65.4 cm³/mol. The zero-order valence-electron chi connectivity index (χ0n) is 9.36. The van der Waals surface area contributed by atoms with Crippen LogP contribution in [-0.2, 0) is 6.18 Å². The number of rotatable bonds is 3. The van der Waals surface area contributed by atoms with Gasteiger partial charge < -0.3 is 11.1 Å². The molecule has 0 bridgehead atoms. The summed E-state index contributed by atoms with van der Waals surface area (Å²) < 4.78 is 37.7. The smallest absolute Gasteiger partial charge is 0.365 e. The van der Waals surface area contributed by atoms with Crippen LogP contribution in [0.25, 0.3) is 0 Å². The molecule has 0 saturated heterocycles. The molecule has 3 N–H and O–H groups in total. The third-order valence-corrected chi connectivity index (χ3v) is 2.92. The van der Waals surface area contributed by atoms with Gasteiger partial charge in [0.15, 0.2) is 0 Å². The van der Waals surface area contributed by atoms with Crippen molar-refractivity contribution >= 4 is 28.7 Å². The topological polar surface area (TPSA) is 68.0 Å². The Kier molecular flexibility index (Phi) is 3.43. The van der Waals surface area contributed by atoms with Crippen molar-refractivity contribution in [3.05, 3.63) is 40.2 Å². The molecule has 0 radical (unpaired) electrons. The van der Waals surface area contributed by atoms with E-state index in [4.69, 9.17) is 5.73 Å². The van der Waals surface area contributed by atoms with Gasteiger partial charge in [-0.05, 0) is 23.6 Å². The fraction of sp³-hybridized carbons (Fsp3) is 0.0909. The molecule has 0 saturated carbocycles. The first-order valence-corrected chi connectivity index (χ1v) is 5.99. The molecule has 0 aliphatic carbocycles. The number of alkyl halides is 3. The van der Waals surface area contributed by atoms with Crippen molar-refractivity contribution in [2.45, 2.75) is 6.18 Å². The Morgan fingerprint density at radius 1 is 1.32 bits per heavy atom. The van der Waals surface area contributed by atoms with Crippen LogP contribution in [0.4, 0.5) is 24.7 Å². The first-order chi connectivity index (χ1) is 8.88. The van der Waals surface area contributed by atoms with E-state index in [1.54, 1.807) is 16.8 Å². The average molecular weight is 287 g/mol. The van der Waals surface area contributed by atoms with E-state index in [1.165, 1.54) is 11.3 Å². The second kappa shape index (κ2) is 4.88. The molecule has 2 rings (SSSR count). The van der Waals surface area contributed by atoms with Gasteiger partial charge in [-0.3, -0.25) is 4.79 Å². The molecule has 19 heavy (non-hydrogen) atoms. The van der Waals surface area contributed by atoms with Crippen molar-refractivity contribution in [1.29, 1.82) is 0 Å². The lowest BCUT2D eigenvalue weighted by Gasteiger charge is -2.11. The molecule has 4 nitrogen and oxygen atoms in total. The lowest BCUT2D eigenvalue weighted by Crippen LogP contribution is -2.17. The summed E-state index contributed by atoms with van der Waals surface area (Å²) in [6, 6.07) is 3.38. The predicted octanol–water partition coefficient (Wildman–Crippen LogP) is 3.00. The number of carbonyl (C=O) groups is 1. The number of thiophene rings is 1. The molecule has 2 aromatic heterocycles. The highest BCUT2D eigenvalue weighted by Crippen LogP contribution is 2.30. The summed E-state index contributed by atoms with van der Waals surface area (Å²) in [6.45, 7) is 0. The highest BCUT2D eigenvalue weighted by atomic mass is 32.1. The number of nitrogens with two attached hydrogens (primary N) is 1. The number of carbonyl (C=O) groups excluding carboxylic acids is 1. The molecule has 1 amide bonds. The number of aromatic nitrogens is 1. The number of nitrogens with zero attached hydrogens (tertiary/aromatic N) is 1. The molecule has 0 fully saturated rings. The van der Waals surface area contributed by atoms with Gasteiger partial charge in [0.05, 0.1) is 11.3 Å². The normalized spacial score (nSPS) is 11.3. The maximum absolute atomic E-state index is 12.6. The summed E-state index contributed by atoms with van der Waals surface area (Å²) in [5.74, 6) is -1.06. The third kappa shape index (κ3) is 3.02. The number of anilines is 2. The number of amides is 1. The molecular formula is C11H8F3N3OS. The summed E-state index contributed by atoms with van der Waals surface area (Å²) in [7, 11) is 0. The molecule has 0 spiro atoms. The standard InChI is InChI=1S/C11H8F3N3OS/c12-11(13,14)8-2-1-7(9(15)18)10(17-8)16-6-3-4-19-5-6/h1-5H,(H2,15,18)(H,16,17). The van der Waals surface area contributed by atoms with Crippen LogP contribution >= 0.6 is 11.3 Å². The van der Waals surface area contributed by atoms with Crippen LogP contribution in [0.15, 0.2) is 29.0 Å². The highest BCUT2D eigenvalue weighted by molar-refractivity contribution is 7.08. The van der Waals surface area contributed by atoms with Gasteiger partial charge in [-0.25, -0.2) is 4.98 Å². The number of primary amides is 1. The molecule has 0 aliphatic rings. The molecule has 0 aromatic carbocycles. The van der Waals surface area contributed by atoms with Crippen LogP contribution in [-0.4, -0.2) is 10.9 Å². The summed E-state index contributed by atoms with van der Waals surface area (Å²) in [5, 5.41) is 6.05. The van der Waals surface area contributed by atoms with Crippen LogP contribution in [0.3, 0.4) is 0 Å². The van der Waals surface area contributed by atoms with Crippen LogP contribution in [0.1, 0.15) is 16.1 Å². The molecule has 0 atom stereocenters. The molecular weight excluding hydrogens is 279 g/mol. The van der Waals surface area contributed by atoms with Gasteiger partial charge in [-0.2, -0.15) is 24.5 Å². The summed E-state index contributed by atoms with van der Waals surface area (Å²) in [5.41, 5.74) is 4.46. The number of hydrogen-bond donors (Lipinski definition) is 2. The van der Waals surface area contributed by atoms with E-state index in [2.05, 4.69) is 10.3 Å². The fourth-order valence-corrected chi connectivity index (χ4v) is 1.97. The Balaban J connectivity index is 2.45. The lowest BCUT2D eigenvalue weighted by atomic mass is 10.2. The van der Waals surface area contributed by atoms with Crippen molar-refractivity contribution in [2.24, 2.45) is 5.73 Å². The van der Waals surface area contributed by atoms with Crippen LogP contribution in [0, 0.1) is 0 Å². The minimum atomic E-state index is -4.58. The van der Waals surface area contributed by atoms with E-state index in [1.807, 2.05) is 0 Å². The lowest BCUT2D eigenvalue weighted by molar-refractivity contribution is -0.141. The van der Waals surface area contributed by atoms with Gasteiger partial charge in [0.25, 0.3) is 5.91 Å². The van der Waals surface area contributed by atoms with Crippen LogP contribution in [0.5, 0.6) is 0 Å². The Morgan fingerprint density at radius 3 is 2.58 bits per heavy atom. The quantitative estimate of drug-likeness (QED) is 0.911. The minimum absolute atomic E-state index is 0.0980. The summed E-state index contributed by atoms with van der Waals surface area (Å²) >= 11 is 1.35. The molecule has 0 unspecified atom stereocenters. The second-order valence-electron chi connectivity index (χ2n) is 3.59. The monoisotopic (exact) mass is 287 g/mol. The van der Waals surface area contributed by atoms with Gasteiger partial charge in [0.1, 0.15) is 11.5 Å². The first kappa shape index (κ1) is 13.3. The van der Waals surface area contributed by atoms with Gasteiger partial charge in [0.2, 0.25) is 0 Å². The van der Waals surface area contributed by atoms with E-state index < -0.39 is 17.8 Å². The maximum atomic E-state index is 12.6. The van der Waals surface area contributed by atoms with Crippen molar-refractivity contribution in [3.8, 4) is 0 Å². The van der Waals surface area contributed by atoms with E-state index in [-0.39, 0.29) is 11.4 Å². The summed E-state index contributed by atoms with van der Waals surface area (Å²) in [4.78, 5) is 14.6. The van der Waals surface area contributed by atoms with E-state index >= 15 is 0 Å². The number of nitrogens with one attached hydrogen (secondary N) is 1. The zero-order valence-corrected chi connectivity index (χ0v) is 10.2. The van der Waals surface area contributed by atoms with Crippen LogP contribution < -0.4 is 11.1 Å². The van der Waals surface area contributed by atoms with Crippen LogP contribution in [0.2, 0.25) is 0 Å². The SMILES string of the molecule is NC(=O)c1ccc(C(F)(F)F)nc1Nc1ccsc1. The van der Waals surface area contributed by atoms with E-state index in [9.17, 15) is 18.0 Å². The Hall–Kier alpha value is -2.09. The van der Waals surface area contributed by atoms with Gasteiger partial charge in [-0.15, -0.1) is 0 Å². The third-order valence-electron chi connectivity index (χ3n) is 2.24. The van der Waals surface area contributed by atoms with Gasteiger partial charge in [-0.1, -0.05) is 0 Å². The minimum Gasteiger partial charge on any atom is -0.365 e. The van der Waals surface area contributed by atoms with E-state index in [0.29, 0.717) is 5.69 Å². The van der Waals surface area contributed by atoms with Crippen molar-refractivity contribution in [2.75, 3.05) is 5.32 Å². The molecule has 2 aromatic rings.